The molecule has 1 saturated heterocycles. The van der Waals surface area contributed by atoms with Crippen LogP contribution in [0.1, 0.15) is 11.8 Å². The molecule has 0 saturated carbocycles. The van der Waals surface area contributed by atoms with Crippen LogP contribution in [0.2, 0.25) is 10.0 Å². The lowest BCUT2D eigenvalue weighted by Gasteiger charge is -2.19. The molecule has 0 bridgehead atoms. The number of pyridine rings is 1. The Morgan fingerprint density at radius 2 is 1.75 bits per heavy atom. The first-order chi connectivity index (χ1) is 15.5. The minimum atomic E-state index is -1.25. The van der Waals surface area contributed by atoms with Crippen LogP contribution >= 0.6 is 35.0 Å². The fourth-order valence-corrected chi connectivity index (χ4v) is 5.13. The number of aliphatic hydroxyl groups excluding tert-OH is 3. The number of hydrogen-bond donors (Lipinski definition) is 3. The molecule has 1 aliphatic heterocycles. The van der Waals surface area contributed by atoms with Crippen molar-refractivity contribution in [1.29, 1.82) is 0 Å². The number of benzene rings is 2. The van der Waals surface area contributed by atoms with Crippen molar-refractivity contribution in [2.45, 2.75) is 35.4 Å². The third-order valence-electron chi connectivity index (χ3n) is 5.47. The number of rotatable bonds is 5. The molecular formula is C22H19Cl2N3O4S. The summed E-state index contributed by atoms with van der Waals surface area (Å²) in [4.78, 5) is 9.32. The maximum Gasteiger partial charge on any atom is 0.179 e. The van der Waals surface area contributed by atoms with Crippen molar-refractivity contribution in [3.05, 3.63) is 64.1 Å². The van der Waals surface area contributed by atoms with Crippen LogP contribution in [0.3, 0.4) is 0 Å². The summed E-state index contributed by atoms with van der Waals surface area (Å²) in [6.45, 7) is -0.414. The van der Waals surface area contributed by atoms with Gasteiger partial charge in [-0.2, -0.15) is 0 Å². The number of aliphatic hydroxyl groups is 3. The van der Waals surface area contributed by atoms with E-state index < -0.39 is 31.1 Å². The van der Waals surface area contributed by atoms with E-state index in [9.17, 15) is 15.3 Å². The van der Waals surface area contributed by atoms with Crippen molar-refractivity contribution < 1.29 is 20.1 Å². The third-order valence-corrected chi connectivity index (χ3v) is 7.21. The van der Waals surface area contributed by atoms with E-state index in [0.717, 1.165) is 10.9 Å². The van der Waals surface area contributed by atoms with Crippen molar-refractivity contribution in [2.24, 2.45) is 0 Å². The maximum absolute atomic E-state index is 10.7. The summed E-state index contributed by atoms with van der Waals surface area (Å²) in [5, 5.41) is 32.7. The first-order valence-electron chi connectivity index (χ1n) is 9.93. The van der Waals surface area contributed by atoms with Crippen molar-refractivity contribution in [3.63, 3.8) is 0 Å². The molecule has 1 fully saturated rings. The van der Waals surface area contributed by atoms with Crippen LogP contribution in [0.4, 0.5) is 0 Å². The molecule has 4 aromatic rings. The Morgan fingerprint density at radius 3 is 2.47 bits per heavy atom. The molecule has 32 heavy (non-hydrogen) atoms. The topological polar surface area (TPSA) is 101 Å². The van der Waals surface area contributed by atoms with Gasteiger partial charge in [0.05, 0.1) is 27.7 Å². The Balaban J connectivity index is 1.64. The van der Waals surface area contributed by atoms with Gasteiger partial charge in [-0.25, -0.2) is 9.97 Å². The molecule has 3 heterocycles. The molecule has 0 spiro atoms. The lowest BCUT2D eigenvalue weighted by Crippen LogP contribution is -2.33. The van der Waals surface area contributed by atoms with Gasteiger partial charge in [0.1, 0.15) is 18.3 Å². The third kappa shape index (κ3) is 3.86. The van der Waals surface area contributed by atoms with Gasteiger partial charge >= 0.3 is 0 Å². The maximum atomic E-state index is 10.7. The molecule has 5 rings (SSSR count). The standard InChI is InChI=1S/C22H19Cl2N3O4S/c23-13-6-12-7-16-20(25-15(12)8-14(13)24)26-22(32-10-11-4-2-1-3-5-11)27(16)21-19(30)18(29)17(9-28)31-21/h1-8,17-19,21,28-30H,9-10H2/t17-,18-,19-,21-/m1/s1. The monoisotopic (exact) mass is 491 g/mol. The summed E-state index contributed by atoms with van der Waals surface area (Å²) in [7, 11) is 0. The molecular weight excluding hydrogens is 473 g/mol. The average molecular weight is 492 g/mol. The summed E-state index contributed by atoms with van der Waals surface area (Å²) in [5.74, 6) is 0.635. The van der Waals surface area contributed by atoms with Gasteiger partial charge in [0, 0.05) is 11.1 Å². The minimum absolute atomic E-state index is 0.396. The molecule has 10 heteroatoms. The van der Waals surface area contributed by atoms with Gasteiger partial charge in [-0.3, -0.25) is 4.57 Å². The molecule has 7 nitrogen and oxygen atoms in total. The zero-order valence-electron chi connectivity index (χ0n) is 16.6. The van der Waals surface area contributed by atoms with Crippen LogP contribution in [0.5, 0.6) is 0 Å². The van der Waals surface area contributed by atoms with Gasteiger partial charge in [-0.1, -0.05) is 65.3 Å². The quantitative estimate of drug-likeness (QED) is 0.365. The van der Waals surface area contributed by atoms with Crippen LogP contribution < -0.4 is 0 Å². The van der Waals surface area contributed by atoms with Crippen LogP contribution in [-0.2, 0) is 10.5 Å². The zero-order valence-corrected chi connectivity index (χ0v) is 18.9. The summed E-state index contributed by atoms with van der Waals surface area (Å²) in [6.07, 6.45) is -4.31. The van der Waals surface area contributed by atoms with Gasteiger partial charge in [0.15, 0.2) is 17.0 Å². The second-order valence-electron chi connectivity index (χ2n) is 7.56. The van der Waals surface area contributed by atoms with E-state index >= 15 is 0 Å². The van der Waals surface area contributed by atoms with E-state index in [1.54, 1.807) is 16.7 Å². The number of hydrogen-bond acceptors (Lipinski definition) is 7. The highest BCUT2D eigenvalue weighted by Gasteiger charge is 2.44. The first-order valence-corrected chi connectivity index (χ1v) is 11.7. The summed E-state index contributed by atoms with van der Waals surface area (Å²) in [6, 6.07) is 15.2. The lowest BCUT2D eigenvalue weighted by molar-refractivity contribution is -0.0545. The molecule has 0 amide bonds. The molecule has 3 N–H and O–H groups in total. The van der Waals surface area contributed by atoms with Gasteiger partial charge in [-0.05, 0) is 23.8 Å². The van der Waals surface area contributed by atoms with Crippen molar-refractivity contribution in [2.75, 3.05) is 6.61 Å². The van der Waals surface area contributed by atoms with E-state index in [-0.39, 0.29) is 0 Å². The Hall–Kier alpha value is -1.91. The van der Waals surface area contributed by atoms with Crippen molar-refractivity contribution >= 4 is 57.0 Å². The Kier molecular flexibility index (Phi) is 6.02. The smallest absolute Gasteiger partial charge is 0.179 e. The predicted molar refractivity (Wildman–Crippen MR) is 124 cm³/mol. The number of thioether (sulfide) groups is 1. The minimum Gasteiger partial charge on any atom is -0.394 e. The normalized spacial score (nSPS) is 23.4. The van der Waals surface area contributed by atoms with E-state index in [1.165, 1.54) is 11.8 Å². The highest BCUT2D eigenvalue weighted by molar-refractivity contribution is 7.98. The molecule has 4 atom stereocenters. The first kappa shape index (κ1) is 21.9. The molecule has 0 unspecified atom stereocenters. The van der Waals surface area contributed by atoms with Crippen LogP contribution in [-0.4, -0.2) is 54.8 Å². The van der Waals surface area contributed by atoms with Crippen molar-refractivity contribution in [1.82, 2.24) is 14.5 Å². The SMILES string of the molecule is OC[C@H]1O[C@@H](n2c(SCc3ccccc3)nc3nc4cc(Cl)c(Cl)cc4cc32)[C@H](O)[C@@H]1O. The molecule has 0 aliphatic carbocycles. The van der Waals surface area contributed by atoms with E-state index in [4.69, 9.17) is 27.9 Å². The highest BCUT2D eigenvalue weighted by Crippen LogP contribution is 2.38. The highest BCUT2D eigenvalue weighted by atomic mass is 35.5. The Labute approximate surface area is 197 Å². The largest absolute Gasteiger partial charge is 0.394 e. The van der Waals surface area contributed by atoms with Gasteiger partial charge in [0.2, 0.25) is 0 Å². The number of fused-ring (bicyclic) bond motifs is 2. The van der Waals surface area contributed by atoms with Crippen molar-refractivity contribution in [3.8, 4) is 0 Å². The number of aromatic nitrogens is 3. The second kappa shape index (κ2) is 8.79. The number of imidazole rings is 1. The summed E-state index contributed by atoms with van der Waals surface area (Å²) < 4.78 is 7.54. The van der Waals surface area contributed by atoms with E-state index in [0.29, 0.717) is 37.6 Å². The molecule has 166 valence electrons. The Bertz CT molecular complexity index is 1290. The molecule has 1 aliphatic rings. The summed E-state index contributed by atoms with van der Waals surface area (Å²) in [5.41, 5.74) is 2.80. The average Bonchev–Trinajstić information content (AvgIpc) is 3.28. The second-order valence-corrected chi connectivity index (χ2v) is 9.31. The molecule has 2 aromatic heterocycles. The van der Waals surface area contributed by atoms with Gasteiger partial charge < -0.3 is 20.1 Å². The fourth-order valence-electron chi connectivity index (χ4n) is 3.82. The van der Waals surface area contributed by atoms with E-state index in [1.807, 2.05) is 36.4 Å². The zero-order chi connectivity index (χ0) is 22.4. The fraction of sp³-hybridized carbons (Fsp3) is 0.273. The van der Waals surface area contributed by atoms with Crippen LogP contribution in [0, 0.1) is 0 Å². The van der Waals surface area contributed by atoms with E-state index in [2.05, 4.69) is 9.97 Å². The molecule has 0 radical (unpaired) electrons. The number of halogens is 2. The summed E-state index contributed by atoms with van der Waals surface area (Å²) >= 11 is 13.8. The van der Waals surface area contributed by atoms with Crippen LogP contribution in [0.25, 0.3) is 22.1 Å². The van der Waals surface area contributed by atoms with Crippen LogP contribution in [0.15, 0.2) is 53.7 Å². The van der Waals surface area contributed by atoms with Gasteiger partial charge in [-0.15, -0.1) is 0 Å². The number of ether oxygens (including phenoxy) is 1. The predicted octanol–water partition coefficient (Wildman–Crippen LogP) is 3.80. The number of nitrogens with zero attached hydrogens (tertiary/aromatic N) is 3. The molecule has 2 aromatic carbocycles. The van der Waals surface area contributed by atoms with Gasteiger partial charge in [0.25, 0.3) is 0 Å². The lowest BCUT2D eigenvalue weighted by atomic mass is 10.1. The Morgan fingerprint density at radius 1 is 1.00 bits per heavy atom.